The SMILES string of the molecule is CN(CC[18F])c1ccc(-c2cc(-c3ccnc(Br)c3)n[nH]2)cc1. The Morgan fingerprint density at radius 3 is 2.61 bits per heavy atom. The lowest BCUT2D eigenvalue weighted by atomic mass is 10.1. The predicted octanol–water partition coefficient (Wildman–Crippen LogP) is 4.31. The second kappa shape index (κ2) is 6.91. The van der Waals surface area contributed by atoms with Gasteiger partial charge >= 0.3 is 0 Å². The van der Waals surface area contributed by atoms with Crippen LogP contribution in [0.25, 0.3) is 22.5 Å². The number of pyridine rings is 1. The van der Waals surface area contributed by atoms with Crippen molar-refractivity contribution in [3.63, 3.8) is 0 Å². The van der Waals surface area contributed by atoms with Gasteiger partial charge < -0.3 is 4.90 Å². The van der Waals surface area contributed by atoms with Crippen LogP contribution < -0.4 is 4.90 Å². The summed E-state index contributed by atoms with van der Waals surface area (Å²) >= 11 is 3.36. The van der Waals surface area contributed by atoms with Crippen LogP contribution in [0.5, 0.6) is 0 Å². The number of nitrogens with zero attached hydrogens (tertiary/aromatic N) is 3. The van der Waals surface area contributed by atoms with Crippen molar-refractivity contribution < 1.29 is 4.39 Å². The number of rotatable bonds is 5. The molecule has 0 aliphatic rings. The number of H-pyrrole nitrogens is 1. The minimum Gasteiger partial charge on any atom is -0.372 e. The normalized spacial score (nSPS) is 10.7. The van der Waals surface area contributed by atoms with Crippen LogP contribution in [0, 0.1) is 0 Å². The summed E-state index contributed by atoms with van der Waals surface area (Å²) in [5, 5.41) is 7.41. The maximum absolute atomic E-state index is 12.4. The van der Waals surface area contributed by atoms with Crippen molar-refractivity contribution in [1.82, 2.24) is 15.2 Å². The van der Waals surface area contributed by atoms with Crippen molar-refractivity contribution in [1.29, 1.82) is 0 Å². The van der Waals surface area contributed by atoms with Crippen LogP contribution in [-0.2, 0) is 0 Å². The molecule has 3 rings (SSSR count). The molecule has 2 aromatic heterocycles. The van der Waals surface area contributed by atoms with Gasteiger partial charge in [-0.05, 0) is 51.8 Å². The number of alkyl halides is 1. The number of hydrogen-bond acceptors (Lipinski definition) is 3. The first-order valence-corrected chi connectivity index (χ1v) is 8.01. The van der Waals surface area contributed by atoms with Gasteiger partial charge in [-0.2, -0.15) is 5.10 Å². The molecule has 0 unspecified atom stereocenters. The number of aromatic nitrogens is 3. The van der Waals surface area contributed by atoms with Crippen LogP contribution in [0.1, 0.15) is 0 Å². The zero-order valence-corrected chi connectivity index (χ0v) is 14.2. The fourth-order valence-electron chi connectivity index (χ4n) is 2.33. The molecule has 0 bridgehead atoms. The molecule has 4 nitrogen and oxygen atoms in total. The molecular formula is C17H16BrFN4. The molecule has 1 aromatic carbocycles. The van der Waals surface area contributed by atoms with Gasteiger partial charge in [0.15, 0.2) is 0 Å². The molecule has 2 heterocycles. The first-order chi connectivity index (χ1) is 11.2. The fraction of sp³-hybridized carbons (Fsp3) is 0.176. The molecule has 0 saturated carbocycles. The van der Waals surface area contributed by atoms with E-state index in [1.165, 1.54) is 0 Å². The van der Waals surface area contributed by atoms with Gasteiger partial charge in [0.25, 0.3) is 0 Å². The van der Waals surface area contributed by atoms with E-state index in [1.54, 1.807) is 6.20 Å². The molecule has 0 atom stereocenters. The monoisotopic (exact) mass is 373 g/mol. The molecule has 1 N–H and O–H groups in total. The molecule has 0 radical (unpaired) electrons. The van der Waals surface area contributed by atoms with Crippen LogP contribution in [0.4, 0.5) is 10.1 Å². The smallest absolute Gasteiger partial charge is 0.107 e. The standard InChI is InChI=1S/C17H16BrFN4/c1-23(9-7-19)14-4-2-12(3-5-14)15-11-16(22-21-15)13-6-8-20-17(18)10-13/h2-6,8,10-11H,7,9H2,1H3,(H,21,22)/i19-1. The second-order valence-corrected chi connectivity index (χ2v) is 6.00. The van der Waals surface area contributed by atoms with Crippen molar-refractivity contribution in [3.05, 3.63) is 53.3 Å². The van der Waals surface area contributed by atoms with Gasteiger partial charge in [0, 0.05) is 31.0 Å². The lowest BCUT2D eigenvalue weighted by Gasteiger charge is -2.17. The second-order valence-electron chi connectivity index (χ2n) is 5.19. The Morgan fingerprint density at radius 2 is 1.91 bits per heavy atom. The van der Waals surface area contributed by atoms with E-state index < -0.39 is 0 Å². The highest BCUT2D eigenvalue weighted by Gasteiger charge is 2.07. The van der Waals surface area contributed by atoms with E-state index in [1.807, 2.05) is 54.4 Å². The third kappa shape index (κ3) is 3.59. The van der Waals surface area contributed by atoms with Gasteiger partial charge in [-0.25, -0.2) is 9.37 Å². The maximum Gasteiger partial charge on any atom is 0.107 e. The fourth-order valence-corrected chi connectivity index (χ4v) is 2.70. The zero-order valence-electron chi connectivity index (χ0n) is 12.6. The summed E-state index contributed by atoms with van der Waals surface area (Å²) in [5.41, 5.74) is 4.82. The van der Waals surface area contributed by atoms with E-state index in [2.05, 4.69) is 31.1 Å². The van der Waals surface area contributed by atoms with Crippen molar-refractivity contribution in [2.75, 3.05) is 25.2 Å². The molecule has 0 amide bonds. The molecule has 0 fully saturated rings. The molecule has 0 saturated heterocycles. The molecule has 0 aliphatic carbocycles. The average molecular weight is 374 g/mol. The number of benzene rings is 1. The minimum absolute atomic E-state index is 0.357. The van der Waals surface area contributed by atoms with Gasteiger partial charge in [-0.1, -0.05) is 12.1 Å². The van der Waals surface area contributed by atoms with Crippen LogP contribution in [0.15, 0.2) is 53.3 Å². The first-order valence-electron chi connectivity index (χ1n) is 7.22. The number of anilines is 1. The van der Waals surface area contributed by atoms with E-state index in [9.17, 15) is 4.39 Å². The van der Waals surface area contributed by atoms with Crippen molar-refractivity contribution in [3.8, 4) is 22.5 Å². The number of halogens is 2. The summed E-state index contributed by atoms with van der Waals surface area (Å²) < 4.78 is 13.2. The summed E-state index contributed by atoms with van der Waals surface area (Å²) in [5.74, 6) is 0. The van der Waals surface area contributed by atoms with Gasteiger partial charge in [0.1, 0.15) is 11.3 Å². The molecule has 0 aliphatic heterocycles. The van der Waals surface area contributed by atoms with Crippen LogP contribution >= 0.6 is 15.9 Å². The van der Waals surface area contributed by atoms with Crippen LogP contribution in [0.2, 0.25) is 0 Å². The van der Waals surface area contributed by atoms with Gasteiger partial charge in [-0.15, -0.1) is 0 Å². The zero-order chi connectivity index (χ0) is 16.2. The molecule has 3 aromatic rings. The Kier molecular flexibility index (Phi) is 4.71. The molecular weight excluding hydrogens is 358 g/mol. The van der Waals surface area contributed by atoms with Crippen molar-refractivity contribution in [2.45, 2.75) is 0 Å². The highest BCUT2D eigenvalue weighted by Crippen LogP contribution is 2.26. The van der Waals surface area contributed by atoms with Gasteiger partial charge in [0.2, 0.25) is 0 Å². The van der Waals surface area contributed by atoms with Crippen molar-refractivity contribution >= 4 is 21.6 Å². The summed E-state index contributed by atoms with van der Waals surface area (Å²) in [4.78, 5) is 6.00. The van der Waals surface area contributed by atoms with E-state index >= 15 is 0 Å². The number of nitrogens with one attached hydrogen (secondary N) is 1. The summed E-state index contributed by atoms with van der Waals surface area (Å²) in [7, 11) is 1.88. The average Bonchev–Trinajstić information content (AvgIpc) is 3.05. The Balaban J connectivity index is 1.83. The molecule has 6 heteroatoms. The summed E-state index contributed by atoms with van der Waals surface area (Å²) in [6.07, 6.45) is 1.74. The minimum atomic E-state index is -0.357. The topological polar surface area (TPSA) is 44.8 Å². The van der Waals surface area contributed by atoms with Gasteiger partial charge in [0.05, 0.1) is 11.4 Å². The predicted molar refractivity (Wildman–Crippen MR) is 94.2 cm³/mol. The van der Waals surface area contributed by atoms with E-state index in [4.69, 9.17) is 0 Å². The Morgan fingerprint density at radius 1 is 1.13 bits per heavy atom. The van der Waals surface area contributed by atoms with E-state index in [0.717, 1.165) is 32.8 Å². The Hall–Kier alpha value is -2.21. The van der Waals surface area contributed by atoms with E-state index in [0.29, 0.717) is 6.54 Å². The largest absolute Gasteiger partial charge is 0.372 e. The quantitative estimate of drug-likeness (QED) is 0.677. The van der Waals surface area contributed by atoms with Crippen LogP contribution in [-0.4, -0.2) is 35.4 Å². The third-order valence-corrected chi connectivity index (χ3v) is 4.07. The molecule has 23 heavy (non-hydrogen) atoms. The van der Waals surface area contributed by atoms with Crippen molar-refractivity contribution in [2.24, 2.45) is 0 Å². The Labute approximate surface area is 142 Å². The lowest BCUT2D eigenvalue weighted by Crippen LogP contribution is -2.19. The van der Waals surface area contributed by atoms with E-state index in [-0.39, 0.29) is 6.67 Å². The lowest BCUT2D eigenvalue weighted by molar-refractivity contribution is 0.497. The number of aromatic amines is 1. The van der Waals surface area contributed by atoms with Gasteiger partial charge in [-0.3, -0.25) is 5.10 Å². The van der Waals surface area contributed by atoms with Crippen LogP contribution in [0.3, 0.4) is 0 Å². The first kappa shape index (κ1) is 15.7. The Bertz CT molecular complexity index is 785. The number of hydrogen-bond donors (Lipinski definition) is 1. The highest BCUT2D eigenvalue weighted by molar-refractivity contribution is 9.10. The third-order valence-electron chi connectivity index (χ3n) is 3.64. The molecule has 0 spiro atoms. The summed E-state index contributed by atoms with van der Waals surface area (Å²) in [6, 6.07) is 13.8. The highest BCUT2D eigenvalue weighted by atomic mass is 79.9. The summed E-state index contributed by atoms with van der Waals surface area (Å²) in [6.45, 7) is 0.0358. The maximum atomic E-state index is 12.4. The molecule has 118 valence electrons.